The van der Waals surface area contributed by atoms with Gasteiger partial charge in [0.05, 0.1) is 12.3 Å². The SMILES string of the molecule is CCO/C(=C/c1ccnc(N)n1)c1ccccc1. The van der Waals surface area contributed by atoms with Crippen LogP contribution in [0.5, 0.6) is 0 Å². The molecule has 2 rings (SSSR count). The zero-order chi connectivity index (χ0) is 12.8. The standard InChI is InChI=1S/C14H15N3O/c1-2-18-13(11-6-4-3-5-7-11)10-12-8-9-16-14(15)17-12/h3-10H,2H2,1H3,(H2,15,16,17)/b13-10+. The summed E-state index contributed by atoms with van der Waals surface area (Å²) in [5.41, 5.74) is 7.30. The molecule has 4 heteroatoms. The predicted octanol–water partition coefficient (Wildman–Crippen LogP) is 2.59. The van der Waals surface area contributed by atoms with Crippen LogP contribution in [0.25, 0.3) is 11.8 Å². The van der Waals surface area contributed by atoms with E-state index >= 15 is 0 Å². The fraction of sp³-hybridized carbons (Fsp3) is 0.143. The van der Waals surface area contributed by atoms with E-state index in [1.54, 1.807) is 12.3 Å². The number of rotatable bonds is 4. The van der Waals surface area contributed by atoms with Crippen LogP contribution in [-0.2, 0) is 4.74 Å². The zero-order valence-electron chi connectivity index (χ0n) is 10.2. The number of anilines is 1. The van der Waals surface area contributed by atoms with Crippen molar-refractivity contribution in [3.05, 3.63) is 53.9 Å². The van der Waals surface area contributed by atoms with Crippen molar-refractivity contribution in [3.8, 4) is 0 Å². The second kappa shape index (κ2) is 5.82. The first-order valence-corrected chi connectivity index (χ1v) is 5.78. The van der Waals surface area contributed by atoms with Crippen LogP contribution in [0, 0.1) is 0 Å². The number of hydrogen-bond acceptors (Lipinski definition) is 4. The first kappa shape index (κ1) is 12.1. The summed E-state index contributed by atoms with van der Waals surface area (Å²) in [4.78, 5) is 7.99. The minimum absolute atomic E-state index is 0.257. The molecule has 1 heterocycles. The molecule has 92 valence electrons. The predicted molar refractivity (Wildman–Crippen MR) is 72.4 cm³/mol. The van der Waals surface area contributed by atoms with Crippen molar-refractivity contribution in [3.63, 3.8) is 0 Å². The minimum Gasteiger partial charge on any atom is -0.493 e. The molecule has 0 atom stereocenters. The summed E-state index contributed by atoms with van der Waals surface area (Å²) >= 11 is 0. The Hall–Kier alpha value is -2.36. The Bertz CT molecular complexity index is 538. The van der Waals surface area contributed by atoms with Crippen molar-refractivity contribution in [1.29, 1.82) is 0 Å². The molecule has 0 aliphatic carbocycles. The highest BCUT2D eigenvalue weighted by molar-refractivity contribution is 5.76. The normalized spacial score (nSPS) is 11.3. The van der Waals surface area contributed by atoms with Crippen molar-refractivity contribution in [2.24, 2.45) is 0 Å². The molecule has 1 aromatic carbocycles. The molecule has 18 heavy (non-hydrogen) atoms. The van der Waals surface area contributed by atoms with Gasteiger partial charge in [-0.1, -0.05) is 30.3 Å². The Labute approximate surface area is 106 Å². The van der Waals surface area contributed by atoms with Crippen LogP contribution < -0.4 is 5.73 Å². The van der Waals surface area contributed by atoms with E-state index in [1.165, 1.54) is 0 Å². The van der Waals surface area contributed by atoms with Crippen LogP contribution >= 0.6 is 0 Å². The second-order valence-corrected chi connectivity index (χ2v) is 3.65. The van der Waals surface area contributed by atoms with Crippen LogP contribution in [0.15, 0.2) is 42.6 Å². The summed E-state index contributed by atoms with van der Waals surface area (Å²) in [5, 5.41) is 0. The molecule has 0 bridgehead atoms. The van der Waals surface area contributed by atoms with Gasteiger partial charge in [0.1, 0.15) is 5.76 Å². The molecule has 2 N–H and O–H groups in total. The van der Waals surface area contributed by atoms with Crippen LogP contribution in [0.4, 0.5) is 5.95 Å². The number of nitrogens with zero attached hydrogens (tertiary/aromatic N) is 2. The van der Waals surface area contributed by atoms with E-state index in [1.807, 2.05) is 43.3 Å². The Morgan fingerprint density at radius 1 is 1.28 bits per heavy atom. The largest absolute Gasteiger partial charge is 0.493 e. The van der Waals surface area contributed by atoms with Gasteiger partial charge in [0, 0.05) is 17.8 Å². The molecule has 0 fully saturated rings. The van der Waals surface area contributed by atoms with Crippen LogP contribution in [0.1, 0.15) is 18.2 Å². The third kappa shape index (κ3) is 3.07. The minimum atomic E-state index is 0.257. The first-order chi connectivity index (χ1) is 8.79. The maximum Gasteiger partial charge on any atom is 0.220 e. The third-order valence-corrected chi connectivity index (χ3v) is 2.33. The number of nitrogens with two attached hydrogens (primary N) is 1. The maximum atomic E-state index is 5.63. The van der Waals surface area contributed by atoms with Gasteiger partial charge >= 0.3 is 0 Å². The molecule has 1 aromatic heterocycles. The van der Waals surface area contributed by atoms with E-state index in [9.17, 15) is 0 Å². The van der Waals surface area contributed by atoms with E-state index in [0.29, 0.717) is 6.61 Å². The molecule has 0 aliphatic rings. The first-order valence-electron chi connectivity index (χ1n) is 5.78. The molecule has 2 aromatic rings. The van der Waals surface area contributed by atoms with Gasteiger partial charge in [0.25, 0.3) is 0 Å². The summed E-state index contributed by atoms with van der Waals surface area (Å²) in [6.07, 6.45) is 3.49. The zero-order valence-corrected chi connectivity index (χ0v) is 10.2. The van der Waals surface area contributed by atoms with Crippen molar-refractivity contribution in [2.75, 3.05) is 12.3 Å². The lowest BCUT2D eigenvalue weighted by Gasteiger charge is -2.08. The summed E-state index contributed by atoms with van der Waals surface area (Å²) in [5.74, 6) is 1.03. The van der Waals surface area contributed by atoms with Gasteiger partial charge < -0.3 is 10.5 Å². The van der Waals surface area contributed by atoms with Crippen molar-refractivity contribution >= 4 is 17.8 Å². The van der Waals surface area contributed by atoms with Gasteiger partial charge in [-0.05, 0) is 13.0 Å². The molecule has 0 saturated carbocycles. The number of benzene rings is 1. The Kier molecular flexibility index (Phi) is 3.91. The number of ether oxygens (including phenoxy) is 1. The topological polar surface area (TPSA) is 61.0 Å². The number of nitrogen functional groups attached to an aromatic ring is 1. The summed E-state index contributed by atoms with van der Waals surface area (Å²) in [7, 11) is 0. The highest BCUT2D eigenvalue weighted by atomic mass is 16.5. The van der Waals surface area contributed by atoms with Gasteiger partial charge in [0.2, 0.25) is 5.95 Å². The Balaban J connectivity index is 2.36. The lowest BCUT2D eigenvalue weighted by Crippen LogP contribution is -1.96. The van der Waals surface area contributed by atoms with Gasteiger partial charge in [0.15, 0.2) is 0 Å². The van der Waals surface area contributed by atoms with Crippen LogP contribution in [-0.4, -0.2) is 16.6 Å². The lowest BCUT2D eigenvalue weighted by atomic mass is 10.1. The van der Waals surface area contributed by atoms with E-state index < -0.39 is 0 Å². The summed E-state index contributed by atoms with van der Waals surface area (Å²) < 4.78 is 5.63. The fourth-order valence-electron chi connectivity index (χ4n) is 1.57. The number of aromatic nitrogens is 2. The van der Waals surface area contributed by atoms with E-state index in [-0.39, 0.29) is 5.95 Å². The summed E-state index contributed by atoms with van der Waals surface area (Å²) in [6, 6.07) is 11.7. The van der Waals surface area contributed by atoms with Crippen LogP contribution in [0.2, 0.25) is 0 Å². The van der Waals surface area contributed by atoms with Crippen molar-refractivity contribution < 1.29 is 4.74 Å². The van der Waals surface area contributed by atoms with E-state index in [0.717, 1.165) is 17.0 Å². The molecule has 0 unspecified atom stereocenters. The highest BCUT2D eigenvalue weighted by Gasteiger charge is 2.03. The third-order valence-electron chi connectivity index (χ3n) is 2.33. The second-order valence-electron chi connectivity index (χ2n) is 3.65. The van der Waals surface area contributed by atoms with Gasteiger partial charge in [-0.15, -0.1) is 0 Å². The molecule has 0 saturated heterocycles. The number of hydrogen-bond donors (Lipinski definition) is 1. The molecule has 4 nitrogen and oxygen atoms in total. The monoisotopic (exact) mass is 241 g/mol. The van der Waals surface area contributed by atoms with E-state index in [2.05, 4.69) is 9.97 Å². The fourth-order valence-corrected chi connectivity index (χ4v) is 1.57. The van der Waals surface area contributed by atoms with Gasteiger partial charge in [-0.2, -0.15) is 0 Å². The average molecular weight is 241 g/mol. The Morgan fingerprint density at radius 2 is 2.06 bits per heavy atom. The smallest absolute Gasteiger partial charge is 0.220 e. The molecule has 0 spiro atoms. The quantitative estimate of drug-likeness (QED) is 0.836. The average Bonchev–Trinajstić information content (AvgIpc) is 2.39. The molecule has 0 amide bonds. The van der Waals surface area contributed by atoms with Gasteiger partial charge in [-0.3, -0.25) is 0 Å². The van der Waals surface area contributed by atoms with E-state index in [4.69, 9.17) is 10.5 Å². The molecule has 0 aliphatic heterocycles. The van der Waals surface area contributed by atoms with Crippen molar-refractivity contribution in [1.82, 2.24) is 9.97 Å². The van der Waals surface area contributed by atoms with Crippen LogP contribution in [0.3, 0.4) is 0 Å². The lowest BCUT2D eigenvalue weighted by molar-refractivity contribution is 0.300. The molecular weight excluding hydrogens is 226 g/mol. The summed E-state index contributed by atoms with van der Waals surface area (Å²) in [6.45, 7) is 2.55. The van der Waals surface area contributed by atoms with Crippen molar-refractivity contribution in [2.45, 2.75) is 6.92 Å². The maximum absolute atomic E-state index is 5.63. The van der Waals surface area contributed by atoms with Gasteiger partial charge in [-0.25, -0.2) is 9.97 Å². The Morgan fingerprint density at radius 3 is 2.72 bits per heavy atom. The highest BCUT2D eigenvalue weighted by Crippen LogP contribution is 2.18. The molecule has 0 radical (unpaired) electrons. The molecular formula is C14H15N3O.